The van der Waals surface area contributed by atoms with Gasteiger partial charge in [-0.15, -0.1) is 0 Å². The fourth-order valence-electron chi connectivity index (χ4n) is 3.50. The van der Waals surface area contributed by atoms with Gasteiger partial charge in [-0.25, -0.2) is 0 Å². The van der Waals surface area contributed by atoms with Crippen molar-refractivity contribution in [3.05, 3.63) is 0 Å². The highest BCUT2D eigenvalue weighted by Gasteiger charge is 2.42. The molecular formula is C13H26N2. The van der Waals surface area contributed by atoms with E-state index in [9.17, 15) is 0 Å². The Bertz CT molecular complexity index is 189. The number of hydrogen-bond donors (Lipinski definition) is 1. The Balaban J connectivity index is 1.68. The lowest BCUT2D eigenvalue weighted by Crippen LogP contribution is -2.58. The lowest BCUT2D eigenvalue weighted by atomic mass is 9.68. The summed E-state index contributed by atoms with van der Waals surface area (Å²) in [6.45, 7) is 7.58. The first-order chi connectivity index (χ1) is 7.24. The highest BCUT2D eigenvalue weighted by Crippen LogP contribution is 2.43. The van der Waals surface area contributed by atoms with Crippen molar-refractivity contribution < 1.29 is 0 Å². The van der Waals surface area contributed by atoms with Crippen LogP contribution in [0.1, 0.15) is 39.0 Å². The van der Waals surface area contributed by atoms with Crippen LogP contribution in [-0.2, 0) is 0 Å². The van der Waals surface area contributed by atoms with Crippen molar-refractivity contribution in [1.82, 2.24) is 10.2 Å². The molecule has 0 radical (unpaired) electrons. The molecule has 0 aromatic rings. The minimum atomic E-state index is 0.762. The molecule has 2 nitrogen and oxygen atoms in total. The first-order valence-corrected chi connectivity index (χ1v) is 6.61. The maximum atomic E-state index is 3.27. The van der Waals surface area contributed by atoms with E-state index in [1.807, 2.05) is 0 Å². The maximum Gasteiger partial charge on any atom is 0.00506 e. The molecule has 88 valence electrons. The predicted molar refractivity (Wildman–Crippen MR) is 65.0 cm³/mol. The number of nitrogens with one attached hydrogen (secondary N) is 1. The van der Waals surface area contributed by atoms with Crippen LogP contribution < -0.4 is 5.32 Å². The number of nitrogens with zero attached hydrogens (tertiary/aromatic N) is 1. The van der Waals surface area contributed by atoms with E-state index in [0.29, 0.717) is 0 Å². The van der Waals surface area contributed by atoms with E-state index in [1.54, 1.807) is 0 Å². The molecule has 1 aliphatic heterocycles. The third-order valence-electron chi connectivity index (χ3n) is 4.15. The average Bonchev–Trinajstić information content (AvgIpc) is 2.17. The molecule has 2 rings (SSSR count). The molecule has 15 heavy (non-hydrogen) atoms. The van der Waals surface area contributed by atoms with Crippen molar-refractivity contribution in [3.63, 3.8) is 0 Å². The van der Waals surface area contributed by atoms with Gasteiger partial charge in [-0.05, 0) is 37.8 Å². The molecule has 2 fully saturated rings. The van der Waals surface area contributed by atoms with Crippen LogP contribution in [0.3, 0.4) is 0 Å². The fraction of sp³-hybridized carbons (Fsp3) is 1.00. The Morgan fingerprint density at radius 1 is 1.20 bits per heavy atom. The van der Waals surface area contributed by atoms with Gasteiger partial charge in [-0.1, -0.05) is 26.2 Å². The van der Waals surface area contributed by atoms with Crippen LogP contribution >= 0.6 is 0 Å². The summed E-state index contributed by atoms with van der Waals surface area (Å²) >= 11 is 0. The van der Waals surface area contributed by atoms with Crippen LogP contribution in [0.5, 0.6) is 0 Å². The summed E-state index contributed by atoms with van der Waals surface area (Å²) in [4.78, 5) is 2.66. The van der Waals surface area contributed by atoms with Crippen LogP contribution in [0.15, 0.2) is 0 Å². The Labute approximate surface area is 94.4 Å². The van der Waals surface area contributed by atoms with Gasteiger partial charge >= 0.3 is 0 Å². The highest BCUT2D eigenvalue weighted by molar-refractivity contribution is 4.96. The molecule has 1 atom stereocenters. The molecule has 0 amide bonds. The number of rotatable bonds is 4. The van der Waals surface area contributed by atoms with E-state index in [4.69, 9.17) is 0 Å². The second-order valence-corrected chi connectivity index (χ2v) is 5.89. The van der Waals surface area contributed by atoms with Gasteiger partial charge in [-0.3, -0.25) is 0 Å². The first-order valence-electron chi connectivity index (χ1n) is 6.61. The quantitative estimate of drug-likeness (QED) is 0.764. The Hall–Kier alpha value is -0.0800. The van der Waals surface area contributed by atoms with E-state index >= 15 is 0 Å². The molecule has 1 unspecified atom stereocenters. The van der Waals surface area contributed by atoms with Gasteiger partial charge in [0.1, 0.15) is 0 Å². The zero-order valence-electron chi connectivity index (χ0n) is 10.4. The van der Waals surface area contributed by atoms with Gasteiger partial charge in [-0.2, -0.15) is 0 Å². The minimum Gasteiger partial charge on any atom is -0.319 e. The number of hydrogen-bond acceptors (Lipinski definition) is 2. The summed E-state index contributed by atoms with van der Waals surface area (Å²) in [5, 5.41) is 3.27. The standard InChI is InChI=1S/C13H26N2/c1-12(8-14-2)9-15-10-13(11-15)6-4-3-5-7-13/h12,14H,3-11H2,1-2H3. The predicted octanol–water partition coefficient (Wildman–Crippen LogP) is 2.11. The Kier molecular flexibility index (Phi) is 3.68. The van der Waals surface area contributed by atoms with Crippen molar-refractivity contribution in [1.29, 1.82) is 0 Å². The Morgan fingerprint density at radius 3 is 2.47 bits per heavy atom. The molecular weight excluding hydrogens is 184 g/mol. The van der Waals surface area contributed by atoms with Crippen molar-refractivity contribution in [2.75, 3.05) is 33.2 Å². The van der Waals surface area contributed by atoms with Gasteiger partial charge in [0.15, 0.2) is 0 Å². The van der Waals surface area contributed by atoms with E-state index in [2.05, 4.69) is 24.2 Å². The SMILES string of the molecule is CNCC(C)CN1CC2(CCCCC2)C1. The molecule has 1 heterocycles. The molecule has 1 aliphatic carbocycles. The van der Waals surface area contributed by atoms with E-state index < -0.39 is 0 Å². The van der Waals surface area contributed by atoms with E-state index in [-0.39, 0.29) is 0 Å². The van der Waals surface area contributed by atoms with Crippen LogP contribution in [0.2, 0.25) is 0 Å². The zero-order chi connectivity index (χ0) is 10.7. The zero-order valence-corrected chi connectivity index (χ0v) is 10.4. The molecule has 1 N–H and O–H groups in total. The van der Waals surface area contributed by atoms with Crippen LogP contribution in [-0.4, -0.2) is 38.1 Å². The molecule has 0 aromatic heterocycles. The topological polar surface area (TPSA) is 15.3 Å². The van der Waals surface area contributed by atoms with Crippen LogP contribution in [0.4, 0.5) is 0 Å². The van der Waals surface area contributed by atoms with Gasteiger partial charge in [0.2, 0.25) is 0 Å². The molecule has 1 saturated heterocycles. The summed E-state index contributed by atoms with van der Waals surface area (Å²) in [7, 11) is 2.05. The van der Waals surface area contributed by atoms with Gasteiger partial charge in [0.05, 0.1) is 0 Å². The molecule has 2 heteroatoms. The maximum absolute atomic E-state index is 3.27. The van der Waals surface area contributed by atoms with Crippen molar-refractivity contribution in [2.24, 2.45) is 11.3 Å². The van der Waals surface area contributed by atoms with E-state index in [1.165, 1.54) is 51.7 Å². The first kappa shape index (κ1) is 11.4. The second kappa shape index (κ2) is 4.84. The highest BCUT2D eigenvalue weighted by atomic mass is 15.2. The normalized spacial score (nSPS) is 27.6. The molecule has 1 saturated carbocycles. The van der Waals surface area contributed by atoms with Gasteiger partial charge in [0.25, 0.3) is 0 Å². The summed E-state index contributed by atoms with van der Waals surface area (Å²) in [6, 6.07) is 0. The second-order valence-electron chi connectivity index (χ2n) is 5.89. The van der Waals surface area contributed by atoms with Crippen LogP contribution in [0.25, 0.3) is 0 Å². The summed E-state index contributed by atoms with van der Waals surface area (Å²) in [5.74, 6) is 0.802. The average molecular weight is 210 g/mol. The summed E-state index contributed by atoms with van der Waals surface area (Å²) in [5.41, 5.74) is 0.762. The van der Waals surface area contributed by atoms with Crippen molar-refractivity contribution in [2.45, 2.75) is 39.0 Å². The fourth-order valence-corrected chi connectivity index (χ4v) is 3.50. The molecule has 0 aromatic carbocycles. The van der Waals surface area contributed by atoms with Gasteiger partial charge < -0.3 is 10.2 Å². The minimum absolute atomic E-state index is 0.762. The van der Waals surface area contributed by atoms with Crippen molar-refractivity contribution >= 4 is 0 Å². The molecule has 0 bridgehead atoms. The molecule has 2 aliphatic rings. The third kappa shape index (κ3) is 2.73. The molecule has 1 spiro atoms. The van der Waals surface area contributed by atoms with Crippen molar-refractivity contribution in [3.8, 4) is 0 Å². The lowest BCUT2D eigenvalue weighted by molar-refractivity contribution is -0.0347. The monoisotopic (exact) mass is 210 g/mol. The third-order valence-corrected chi connectivity index (χ3v) is 4.15. The number of likely N-dealkylation sites (tertiary alicyclic amines) is 1. The smallest absolute Gasteiger partial charge is 0.00506 e. The largest absolute Gasteiger partial charge is 0.319 e. The van der Waals surface area contributed by atoms with Crippen LogP contribution in [0, 0.1) is 11.3 Å². The Morgan fingerprint density at radius 2 is 1.87 bits per heavy atom. The van der Waals surface area contributed by atoms with Gasteiger partial charge in [0, 0.05) is 19.6 Å². The lowest BCUT2D eigenvalue weighted by Gasteiger charge is -2.53. The summed E-state index contributed by atoms with van der Waals surface area (Å²) < 4.78 is 0. The van der Waals surface area contributed by atoms with E-state index in [0.717, 1.165) is 17.9 Å². The summed E-state index contributed by atoms with van der Waals surface area (Å²) in [6.07, 6.45) is 7.46.